The maximum atomic E-state index is 12.8. The highest BCUT2D eigenvalue weighted by molar-refractivity contribution is 8.26. The number of nitrogens with zero attached hydrogens (tertiary/aromatic N) is 1. The maximum Gasteiger partial charge on any atom is 0.344 e. The van der Waals surface area contributed by atoms with Crippen molar-refractivity contribution >= 4 is 52.2 Å². The lowest BCUT2D eigenvalue weighted by Crippen LogP contribution is -2.44. The third-order valence-electron chi connectivity index (χ3n) is 4.44. The van der Waals surface area contributed by atoms with E-state index in [1.54, 1.807) is 61.5 Å². The summed E-state index contributed by atoms with van der Waals surface area (Å²) < 4.78 is 5.79. The normalized spacial score (nSPS) is 15.8. The second-order valence-electron chi connectivity index (χ2n) is 6.71. The lowest BCUT2D eigenvalue weighted by Gasteiger charge is -2.16. The van der Waals surface area contributed by atoms with Crippen LogP contribution in [0.5, 0.6) is 5.75 Å². The molecule has 3 rings (SSSR count). The number of hydrogen-bond donors (Lipinski definition) is 2. The molecular weight excluding hydrogens is 436 g/mol. The number of carbonyl (C=O) groups is 3. The van der Waals surface area contributed by atoms with Crippen molar-refractivity contribution < 1.29 is 24.2 Å². The molecule has 0 radical (unpaired) electrons. The standard InChI is InChI=1S/C22H20N2O5S2/c1-3-16(21(27)28)29-17-7-5-4-6-15(17)12-18-20(26)24(22(30)31-18)23-19(25)14-10-8-13(2)9-11-14/h4-12,16H,3H2,1-2H3,(H,23,25)(H,27,28)/b18-12+. The van der Waals surface area contributed by atoms with Gasteiger partial charge in [0.15, 0.2) is 10.4 Å². The minimum atomic E-state index is -1.07. The van der Waals surface area contributed by atoms with Gasteiger partial charge in [-0.2, -0.15) is 5.01 Å². The first kappa shape index (κ1) is 22.5. The van der Waals surface area contributed by atoms with E-state index in [1.165, 1.54) is 0 Å². The largest absolute Gasteiger partial charge is 0.479 e. The molecule has 1 saturated heterocycles. The van der Waals surface area contributed by atoms with E-state index in [-0.39, 0.29) is 15.6 Å². The monoisotopic (exact) mass is 456 g/mol. The third-order valence-corrected chi connectivity index (χ3v) is 5.74. The number of rotatable bonds is 7. The molecular formula is C22H20N2O5S2. The molecule has 2 amide bonds. The average molecular weight is 457 g/mol. The quantitative estimate of drug-likeness (QED) is 0.483. The zero-order chi connectivity index (χ0) is 22.5. The summed E-state index contributed by atoms with van der Waals surface area (Å²) in [6.07, 6.45) is 0.857. The molecule has 9 heteroatoms. The summed E-state index contributed by atoms with van der Waals surface area (Å²) in [5.41, 5.74) is 4.49. The minimum absolute atomic E-state index is 0.187. The van der Waals surface area contributed by atoms with E-state index in [9.17, 15) is 19.5 Å². The van der Waals surface area contributed by atoms with E-state index in [2.05, 4.69) is 5.43 Å². The van der Waals surface area contributed by atoms with Crippen molar-refractivity contribution in [3.05, 3.63) is 70.1 Å². The Morgan fingerprint density at radius 1 is 1.23 bits per heavy atom. The van der Waals surface area contributed by atoms with Gasteiger partial charge in [0.05, 0.1) is 4.91 Å². The predicted molar refractivity (Wildman–Crippen MR) is 122 cm³/mol. The molecule has 160 valence electrons. The number of ether oxygens (including phenoxy) is 1. The predicted octanol–water partition coefficient (Wildman–Crippen LogP) is 3.78. The Morgan fingerprint density at radius 2 is 1.90 bits per heavy atom. The van der Waals surface area contributed by atoms with Gasteiger partial charge in [0, 0.05) is 11.1 Å². The van der Waals surface area contributed by atoms with Gasteiger partial charge < -0.3 is 9.84 Å². The van der Waals surface area contributed by atoms with Crippen molar-refractivity contribution in [3.8, 4) is 5.75 Å². The number of thiocarbonyl (C=S) groups is 1. The second kappa shape index (κ2) is 9.76. The summed E-state index contributed by atoms with van der Waals surface area (Å²) in [7, 11) is 0. The molecule has 31 heavy (non-hydrogen) atoms. The first-order valence-electron chi connectivity index (χ1n) is 9.44. The maximum absolute atomic E-state index is 12.8. The third kappa shape index (κ3) is 5.31. The van der Waals surface area contributed by atoms with Crippen LogP contribution >= 0.6 is 24.0 Å². The fourth-order valence-electron chi connectivity index (χ4n) is 2.75. The molecule has 0 aliphatic carbocycles. The fraction of sp³-hybridized carbons (Fsp3) is 0.182. The van der Waals surface area contributed by atoms with E-state index < -0.39 is 23.9 Å². The number of aryl methyl sites for hydroxylation is 1. The van der Waals surface area contributed by atoms with Gasteiger partial charge in [0.1, 0.15) is 5.75 Å². The number of carboxylic acid groups (broad SMARTS) is 1. The van der Waals surface area contributed by atoms with Gasteiger partial charge in [-0.05, 0) is 49.8 Å². The number of aliphatic carboxylic acids is 1. The minimum Gasteiger partial charge on any atom is -0.479 e. The highest BCUT2D eigenvalue weighted by atomic mass is 32.2. The first-order chi connectivity index (χ1) is 14.8. The summed E-state index contributed by atoms with van der Waals surface area (Å²) in [6.45, 7) is 3.62. The zero-order valence-electron chi connectivity index (χ0n) is 16.8. The number of carbonyl (C=O) groups excluding carboxylic acids is 2. The fourth-order valence-corrected chi connectivity index (χ4v) is 3.92. The summed E-state index contributed by atoms with van der Waals surface area (Å²) >= 11 is 6.30. The molecule has 1 atom stereocenters. The van der Waals surface area contributed by atoms with Crippen LogP contribution < -0.4 is 10.2 Å². The summed E-state index contributed by atoms with van der Waals surface area (Å²) in [6, 6.07) is 13.7. The van der Waals surface area contributed by atoms with Crippen LogP contribution in [0.3, 0.4) is 0 Å². The van der Waals surface area contributed by atoms with Gasteiger partial charge >= 0.3 is 5.97 Å². The molecule has 2 aromatic carbocycles. The van der Waals surface area contributed by atoms with Crippen molar-refractivity contribution in [1.29, 1.82) is 0 Å². The molecule has 1 fully saturated rings. The summed E-state index contributed by atoms with van der Waals surface area (Å²) in [5, 5.41) is 10.3. The van der Waals surface area contributed by atoms with Crippen molar-refractivity contribution in [3.63, 3.8) is 0 Å². The lowest BCUT2D eigenvalue weighted by molar-refractivity contribution is -0.145. The Kier molecular flexibility index (Phi) is 7.09. The van der Waals surface area contributed by atoms with Crippen molar-refractivity contribution in [2.45, 2.75) is 26.4 Å². The van der Waals surface area contributed by atoms with Gasteiger partial charge in [-0.3, -0.25) is 15.0 Å². The van der Waals surface area contributed by atoms with Crippen molar-refractivity contribution in [2.24, 2.45) is 0 Å². The molecule has 7 nitrogen and oxygen atoms in total. The van der Waals surface area contributed by atoms with Crippen LogP contribution in [0.1, 0.15) is 34.8 Å². The Hall–Kier alpha value is -3.17. The number of nitrogens with one attached hydrogen (secondary N) is 1. The molecule has 1 unspecified atom stereocenters. The highest BCUT2D eigenvalue weighted by Gasteiger charge is 2.34. The Bertz CT molecular complexity index is 1070. The van der Waals surface area contributed by atoms with Crippen LogP contribution in [0.2, 0.25) is 0 Å². The number of carboxylic acids is 1. The van der Waals surface area contributed by atoms with Gasteiger partial charge in [0.25, 0.3) is 11.8 Å². The van der Waals surface area contributed by atoms with Crippen LogP contribution in [0.4, 0.5) is 0 Å². The lowest BCUT2D eigenvalue weighted by atomic mass is 10.1. The van der Waals surface area contributed by atoms with Gasteiger partial charge in [-0.1, -0.05) is 54.6 Å². The van der Waals surface area contributed by atoms with Crippen LogP contribution in [-0.4, -0.2) is 38.3 Å². The van der Waals surface area contributed by atoms with Crippen LogP contribution in [0.25, 0.3) is 6.08 Å². The number of amides is 2. The van der Waals surface area contributed by atoms with Crippen LogP contribution in [0, 0.1) is 6.92 Å². The number of hydrogen-bond acceptors (Lipinski definition) is 6. The Balaban J connectivity index is 1.80. The van der Waals surface area contributed by atoms with Gasteiger partial charge in [-0.25, -0.2) is 4.79 Å². The molecule has 0 spiro atoms. The molecule has 1 heterocycles. The Morgan fingerprint density at radius 3 is 2.55 bits per heavy atom. The average Bonchev–Trinajstić information content (AvgIpc) is 3.00. The molecule has 0 aromatic heterocycles. The first-order valence-corrected chi connectivity index (χ1v) is 10.7. The van der Waals surface area contributed by atoms with Crippen LogP contribution in [0.15, 0.2) is 53.4 Å². The molecule has 0 saturated carbocycles. The molecule has 2 N–H and O–H groups in total. The molecule has 1 aliphatic rings. The number of thioether (sulfide) groups is 1. The van der Waals surface area contributed by atoms with Crippen molar-refractivity contribution in [1.82, 2.24) is 10.4 Å². The van der Waals surface area contributed by atoms with E-state index >= 15 is 0 Å². The number of para-hydroxylation sites is 1. The second-order valence-corrected chi connectivity index (χ2v) is 8.39. The summed E-state index contributed by atoms with van der Waals surface area (Å²) in [4.78, 5) is 36.9. The van der Waals surface area contributed by atoms with Gasteiger partial charge in [0.2, 0.25) is 0 Å². The Labute approximate surface area is 189 Å². The summed E-state index contributed by atoms with van der Waals surface area (Å²) in [5.74, 6) is -1.66. The molecule has 2 aromatic rings. The topological polar surface area (TPSA) is 95.9 Å². The van der Waals surface area contributed by atoms with E-state index in [0.29, 0.717) is 16.9 Å². The van der Waals surface area contributed by atoms with E-state index in [1.807, 2.05) is 6.92 Å². The van der Waals surface area contributed by atoms with E-state index in [4.69, 9.17) is 17.0 Å². The van der Waals surface area contributed by atoms with E-state index in [0.717, 1.165) is 22.3 Å². The highest BCUT2D eigenvalue weighted by Crippen LogP contribution is 2.33. The smallest absolute Gasteiger partial charge is 0.344 e. The van der Waals surface area contributed by atoms with Crippen LogP contribution in [-0.2, 0) is 9.59 Å². The number of benzene rings is 2. The number of hydrazine groups is 1. The SMILES string of the molecule is CCC(Oc1ccccc1/C=C1/SC(=S)N(NC(=O)c2ccc(C)cc2)C1=O)C(=O)O. The van der Waals surface area contributed by atoms with Gasteiger partial charge in [-0.15, -0.1) is 0 Å². The zero-order valence-corrected chi connectivity index (χ0v) is 18.5. The van der Waals surface area contributed by atoms with Crippen molar-refractivity contribution in [2.75, 3.05) is 0 Å². The molecule has 1 aliphatic heterocycles. The molecule has 0 bridgehead atoms.